The number of benzene rings is 2. The van der Waals surface area contributed by atoms with Crippen LogP contribution < -0.4 is 0 Å². The van der Waals surface area contributed by atoms with Gasteiger partial charge in [-0.25, -0.2) is 8.78 Å². The van der Waals surface area contributed by atoms with Crippen LogP contribution in [0.2, 0.25) is 0 Å². The molecule has 0 aliphatic heterocycles. The van der Waals surface area contributed by atoms with Gasteiger partial charge in [-0.1, -0.05) is 29.8 Å². The second-order valence-electron chi connectivity index (χ2n) is 4.83. The summed E-state index contributed by atoms with van der Waals surface area (Å²) in [4.78, 5) is 0. The lowest BCUT2D eigenvalue weighted by molar-refractivity contribution is 0.175. The molecule has 3 heteroatoms. The van der Waals surface area contributed by atoms with E-state index in [4.69, 9.17) is 0 Å². The fraction of sp³-hybridized carbons (Fsp3) is 0.250. The van der Waals surface area contributed by atoms with Crippen LogP contribution in [0.15, 0.2) is 42.5 Å². The zero-order valence-electron chi connectivity index (χ0n) is 10.7. The van der Waals surface area contributed by atoms with Gasteiger partial charge in [-0.2, -0.15) is 0 Å². The van der Waals surface area contributed by atoms with Crippen LogP contribution in [0.5, 0.6) is 0 Å². The highest BCUT2D eigenvalue weighted by atomic mass is 19.1. The Morgan fingerprint density at radius 3 is 2.00 bits per heavy atom. The maximum Gasteiger partial charge on any atom is 0.126 e. The van der Waals surface area contributed by atoms with Crippen molar-refractivity contribution in [1.29, 1.82) is 0 Å². The minimum Gasteiger partial charge on any atom is -0.392 e. The largest absolute Gasteiger partial charge is 0.392 e. The van der Waals surface area contributed by atoms with Gasteiger partial charge in [0.25, 0.3) is 0 Å². The topological polar surface area (TPSA) is 20.2 Å². The van der Waals surface area contributed by atoms with Crippen molar-refractivity contribution >= 4 is 0 Å². The highest BCUT2D eigenvalue weighted by Gasteiger charge is 2.09. The Balaban J connectivity index is 2.00. The lowest BCUT2D eigenvalue weighted by Gasteiger charge is -2.11. The van der Waals surface area contributed by atoms with Crippen LogP contribution in [0.4, 0.5) is 8.78 Å². The Labute approximate surface area is 111 Å². The van der Waals surface area contributed by atoms with Crippen molar-refractivity contribution in [1.82, 2.24) is 0 Å². The molecular weight excluding hydrogens is 246 g/mol. The molecule has 0 aromatic heterocycles. The molecule has 0 aliphatic carbocycles. The van der Waals surface area contributed by atoms with Crippen molar-refractivity contribution in [2.24, 2.45) is 0 Å². The molecule has 0 spiro atoms. The summed E-state index contributed by atoms with van der Waals surface area (Å²) < 4.78 is 26.1. The van der Waals surface area contributed by atoms with Crippen molar-refractivity contribution in [3.05, 3.63) is 70.8 Å². The van der Waals surface area contributed by atoms with Gasteiger partial charge in [0.05, 0.1) is 6.10 Å². The maximum absolute atomic E-state index is 13.0. The predicted molar refractivity (Wildman–Crippen MR) is 71.0 cm³/mol. The van der Waals surface area contributed by atoms with E-state index >= 15 is 0 Å². The Morgan fingerprint density at radius 1 is 0.895 bits per heavy atom. The average molecular weight is 262 g/mol. The fourth-order valence-corrected chi connectivity index (χ4v) is 2.07. The van der Waals surface area contributed by atoms with Gasteiger partial charge in [0, 0.05) is 6.07 Å². The fourth-order valence-electron chi connectivity index (χ4n) is 2.07. The van der Waals surface area contributed by atoms with Crippen molar-refractivity contribution in [2.45, 2.75) is 25.9 Å². The van der Waals surface area contributed by atoms with E-state index in [1.165, 1.54) is 12.1 Å². The van der Waals surface area contributed by atoms with Crippen molar-refractivity contribution < 1.29 is 13.9 Å². The van der Waals surface area contributed by atoms with Gasteiger partial charge >= 0.3 is 0 Å². The van der Waals surface area contributed by atoms with Crippen molar-refractivity contribution in [3.8, 4) is 0 Å². The van der Waals surface area contributed by atoms with Crippen LogP contribution in [0.3, 0.4) is 0 Å². The number of hydrogen-bond donors (Lipinski definition) is 1. The number of aliphatic hydroxyl groups excluding tert-OH is 1. The second-order valence-corrected chi connectivity index (χ2v) is 4.83. The van der Waals surface area contributed by atoms with E-state index in [0.29, 0.717) is 12.0 Å². The molecule has 1 N–H and O–H groups in total. The molecule has 0 saturated heterocycles. The number of rotatable bonds is 4. The van der Waals surface area contributed by atoms with E-state index in [1.54, 1.807) is 0 Å². The van der Waals surface area contributed by atoms with Crippen LogP contribution in [0.25, 0.3) is 0 Å². The highest BCUT2D eigenvalue weighted by Crippen LogP contribution is 2.13. The lowest BCUT2D eigenvalue weighted by Crippen LogP contribution is -2.14. The van der Waals surface area contributed by atoms with Crippen LogP contribution in [0.1, 0.15) is 16.7 Å². The summed E-state index contributed by atoms with van der Waals surface area (Å²) in [5, 5.41) is 9.96. The van der Waals surface area contributed by atoms with Gasteiger partial charge in [0.2, 0.25) is 0 Å². The summed E-state index contributed by atoms with van der Waals surface area (Å²) in [7, 11) is 0. The molecule has 2 aromatic rings. The van der Waals surface area contributed by atoms with Gasteiger partial charge in [0.15, 0.2) is 0 Å². The molecule has 0 fully saturated rings. The van der Waals surface area contributed by atoms with Crippen LogP contribution in [-0.4, -0.2) is 11.2 Å². The molecule has 100 valence electrons. The maximum atomic E-state index is 13.0. The molecule has 1 unspecified atom stereocenters. The average Bonchev–Trinajstić information content (AvgIpc) is 2.30. The van der Waals surface area contributed by atoms with E-state index in [1.807, 2.05) is 31.2 Å². The summed E-state index contributed by atoms with van der Waals surface area (Å²) in [5.74, 6) is -1.23. The Morgan fingerprint density at radius 2 is 1.42 bits per heavy atom. The number of aliphatic hydroxyl groups is 1. The molecule has 0 saturated carbocycles. The summed E-state index contributed by atoms with van der Waals surface area (Å²) in [6, 6.07) is 11.2. The molecule has 0 heterocycles. The van der Waals surface area contributed by atoms with Crippen molar-refractivity contribution in [2.75, 3.05) is 0 Å². The van der Waals surface area contributed by atoms with Crippen LogP contribution in [0, 0.1) is 18.6 Å². The van der Waals surface area contributed by atoms with E-state index in [2.05, 4.69) is 0 Å². The Kier molecular flexibility index (Phi) is 4.27. The zero-order chi connectivity index (χ0) is 13.8. The third kappa shape index (κ3) is 4.14. The summed E-state index contributed by atoms with van der Waals surface area (Å²) in [5.41, 5.74) is 2.64. The highest BCUT2D eigenvalue weighted by molar-refractivity contribution is 5.23. The monoisotopic (exact) mass is 262 g/mol. The molecule has 19 heavy (non-hydrogen) atoms. The summed E-state index contributed by atoms with van der Waals surface area (Å²) in [6.45, 7) is 2.00. The third-order valence-electron chi connectivity index (χ3n) is 2.99. The molecule has 2 rings (SSSR count). The predicted octanol–water partition coefficient (Wildman–Crippen LogP) is 3.42. The summed E-state index contributed by atoms with van der Waals surface area (Å²) >= 11 is 0. The third-order valence-corrected chi connectivity index (χ3v) is 2.99. The number of hydrogen-bond acceptors (Lipinski definition) is 1. The smallest absolute Gasteiger partial charge is 0.126 e. The first-order valence-corrected chi connectivity index (χ1v) is 6.21. The van der Waals surface area contributed by atoms with E-state index in [9.17, 15) is 13.9 Å². The molecule has 0 radical (unpaired) electrons. The minimum atomic E-state index is -0.649. The Hall–Kier alpha value is -1.74. The lowest BCUT2D eigenvalue weighted by atomic mass is 10.0. The zero-order valence-corrected chi connectivity index (χ0v) is 10.7. The molecule has 0 bridgehead atoms. The van der Waals surface area contributed by atoms with Crippen LogP contribution in [-0.2, 0) is 12.8 Å². The first kappa shape index (κ1) is 13.7. The van der Waals surface area contributed by atoms with Gasteiger partial charge < -0.3 is 5.11 Å². The van der Waals surface area contributed by atoms with Crippen LogP contribution >= 0.6 is 0 Å². The van der Waals surface area contributed by atoms with Crippen molar-refractivity contribution in [3.63, 3.8) is 0 Å². The molecule has 1 nitrogen and oxygen atoms in total. The second kappa shape index (κ2) is 5.93. The molecule has 2 aromatic carbocycles. The Bertz CT molecular complexity index is 529. The molecule has 0 amide bonds. The normalized spacial score (nSPS) is 12.4. The van der Waals surface area contributed by atoms with Gasteiger partial charge in [-0.3, -0.25) is 0 Å². The molecule has 0 aliphatic rings. The number of halogens is 2. The standard InChI is InChI=1S/C16H16F2O/c1-11-2-4-12(5-3-11)8-16(19)9-13-6-14(17)10-15(18)7-13/h2-7,10,16,19H,8-9H2,1H3. The van der Waals surface area contributed by atoms with E-state index in [-0.39, 0.29) is 6.42 Å². The quantitative estimate of drug-likeness (QED) is 0.895. The van der Waals surface area contributed by atoms with Gasteiger partial charge in [-0.05, 0) is 43.0 Å². The number of aryl methyl sites for hydroxylation is 1. The first-order chi connectivity index (χ1) is 9.02. The summed E-state index contributed by atoms with van der Waals surface area (Å²) in [6.07, 6.45) is 0.0601. The van der Waals surface area contributed by atoms with Gasteiger partial charge in [0.1, 0.15) is 11.6 Å². The SMILES string of the molecule is Cc1ccc(CC(O)Cc2cc(F)cc(F)c2)cc1. The minimum absolute atomic E-state index is 0.239. The van der Waals surface area contributed by atoms with E-state index in [0.717, 1.165) is 17.2 Å². The van der Waals surface area contributed by atoms with Gasteiger partial charge in [-0.15, -0.1) is 0 Å². The van der Waals surface area contributed by atoms with E-state index < -0.39 is 17.7 Å². The molecule has 1 atom stereocenters. The molecular formula is C16H16F2O. The first-order valence-electron chi connectivity index (χ1n) is 6.21.